The van der Waals surface area contributed by atoms with E-state index in [0.717, 1.165) is 54.4 Å². The molecule has 1 aliphatic heterocycles. The summed E-state index contributed by atoms with van der Waals surface area (Å²) in [4.78, 5) is 13.0. The van der Waals surface area contributed by atoms with Crippen LogP contribution in [0, 0.1) is 0 Å². The summed E-state index contributed by atoms with van der Waals surface area (Å²) in [6, 6.07) is 5.81. The largest absolute Gasteiger partial charge is 0.497 e. The highest BCUT2D eigenvalue weighted by molar-refractivity contribution is 5.80. The Labute approximate surface area is 181 Å². The molecule has 0 atom stereocenters. The number of rotatable bonds is 8. The lowest BCUT2D eigenvalue weighted by molar-refractivity contribution is 0.0670. The molecule has 1 N–H and O–H groups in total. The normalized spacial score (nSPS) is 15.4. The van der Waals surface area contributed by atoms with E-state index in [0.29, 0.717) is 12.5 Å². The molecule has 2 heterocycles. The van der Waals surface area contributed by atoms with E-state index in [1.54, 1.807) is 14.2 Å². The monoisotopic (exact) mass is 436 g/mol. The number of alkyl halides is 2. The van der Waals surface area contributed by atoms with E-state index in [1.165, 1.54) is 12.4 Å². The van der Waals surface area contributed by atoms with Gasteiger partial charge in [-0.3, -0.25) is 9.47 Å². The van der Waals surface area contributed by atoms with Crippen molar-refractivity contribution in [2.45, 2.75) is 26.6 Å². The van der Waals surface area contributed by atoms with E-state index < -0.39 is 6.55 Å². The lowest BCUT2D eigenvalue weighted by Gasteiger charge is -2.36. The van der Waals surface area contributed by atoms with E-state index >= 15 is 0 Å². The molecule has 2 aromatic rings. The minimum Gasteiger partial charge on any atom is -0.497 e. The van der Waals surface area contributed by atoms with Crippen molar-refractivity contribution in [3.8, 4) is 11.5 Å². The average Bonchev–Trinajstić information content (AvgIpc) is 3.26. The zero-order valence-corrected chi connectivity index (χ0v) is 18.2. The molecule has 0 bridgehead atoms. The van der Waals surface area contributed by atoms with Crippen LogP contribution in [0.25, 0.3) is 0 Å². The van der Waals surface area contributed by atoms with Crippen LogP contribution >= 0.6 is 0 Å². The van der Waals surface area contributed by atoms with Gasteiger partial charge < -0.3 is 19.7 Å². The van der Waals surface area contributed by atoms with Crippen molar-refractivity contribution in [1.29, 1.82) is 0 Å². The molecule has 0 radical (unpaired) electrons. The fraction of sp³-hybridized carbons (Fsp3) is 0.524. The summed E-state index contributed by atoms with van der Waals surface area (Å²) >= 11 is 0. The summed E-state index contributed by atoms with van der Waals surface area (Å²) in [5, 5.41) is 3.26. The van der Waals surface area contributed by atoms with Crippen molar-refractivity contribution in [3.05, 3.63) is 42.0 Å². The molecule has 0 amide bonds. The maximum atomic E-state index is 13.0. The molecular formula is C21H30F2N6O2. The maximum absolute atomic E-state index is 13.0. The van der Waals surface area contributed by atoms with Crippen LogP contribution < -0.4 is 14.8 Å². The predicted molar refractivity (Wildman–Crippen MR) is 115 cm³/mol. The highest BCUT2D eigenvalue weighted by Crippen LogP contribution is 2.25. The molecule has 31 heavy (non-hydrogen) atoms. The third-order valence-corrected chi connectivity index (χ3v) is 5.22. The average molecular weight is 437 g/mol. The highest BCUT2D eigenvalue weighted by atomic mass is 19.3. The standard InChI is InChI=1S/C21H30F2N6O2/c1-4-24-21(26-14-19-25-7-8-29(19)20(22)23)28-11-9-27(10-12-28)15-16-13-17(30-2)5-6-18(16)31-3/h5-8,13,20H,4,9-12,14-15H2,1-3H3,(H,24,26). The van der Waals surface area contributed by atoms with E-state index in [4.69, 9.17) is 9.47 Å². The molecule has 1 aromatic carbocycles. The lowest BCUT2D eigenvalue weighted by Crippen LogP contribution is -2.52. The molecule has 10 heteroatoms. The maximum Gasteiger partial charge on any atom is 0.319 e. The van der Waals surface area contributed by atoms with E-state index in [9.17, 15) is 8.78 Å². The van der Waals surface area contributed by atoms with Crippen LogP contribution in [0.4, 0.5) is 8.78 Å². The van der Waals surface area contributed by atoms with Gasteiger partial charge in [-0.05, 0) is 25.1 Å². The Bertz CT molecular complexity index is 865. The number of imidazole rings is 1. The number of nitrogens with zero attached hydrogens (tertiary/aromatic N) is 5. The SMILES string of the molecule is CCNC(=NCc1nccn1C(F)F)N1CCN(Cc2cc(OC)ccc2OC)CC1. The predicted octanol–water partition coefficient (Wildman–Crippen LogP) is 2.58. The molecule has 0 saturated carbocycles. The Morgan fingerprint density at radius 3 is 2.61 bits per heavy atom. The summed E-state index contributed by atoms with van der Waals surface area (Å²) in [6.07, 6.45) is 2.64. The number of aliphatic imine (C=N–C) groups is 1. The van der Waals surface area contributed by atoms with Gasteiger partial charge in [-0.1, -0.05) is 0 Å². The zero-order valence-electron chi connectivity index (χ0n) is 18.2. The fourth-order valence-electron chi connectivity index (χ4n) is 3.58. The van der Waals surface area contributed by atoms with Crippen molar-refractivity contribution in [2.75, 3.05) is 46.9 Å². The summed E-state index contributed by atoms with van der Waals surface area (Å²) < 4.78 is 37.7. The fourth-order valence-corrected chi connectivity index (χ4v) is 3.58. The van der Waals surface area contributed by atoms with Gasteiger partial charge in [-0.15, -0.1) is 0 Å². The second-order valence-electron chi connectivity index (χ2n) is 7.14. The third-order valence-electron chi connectivity index (χ3n) is 5.22. The van der Waals surface area contributed by atoms with Gasteiger partial charge in [0.25, 0.3) is 0 Å². The Kier molecular flexibility index (Phi) is 8.05. The molecule has 3 rings (SSSR count). The van der Waals surface area contributed by atoms with Gasteiger partial charge in [0.2, 0.25) is 0 Å². The molecule has 0 unspecified atom stereocenters. The zero-order chi connectivity index (χ0) is 22.2. The first-order chi connectivity index (χ1) is 15.0. The van der Waals surface area contributed by atoms with E-state index in [-0.39, 0.29) is 12.4 Å². The number of guanidine groups is 1. The Hall–Kier alpha value is -2.88. The Morgan fingerprint density at radius 1 is 1.19 bits per heavy atom. The van der Waals surface area contributed by atoms with Gasteiger partial charge in [0.05, 0.1) is 14.2 Å². The van der Waals surface area contributed by atoms with Crippen LogP contribution in [0.2, 0.25) is 0 Å². The summed E-state index contributed by atoms with van der Waals surface area (Å²) in [5.74, 6) is 2.60. The van der Waals surface area contributed by atoms with Gasteiger partial charge in [0, 0.05) is 57.2 Å². The number of hydrogen-bond acceptors (Lipinski definition) is 5. The third kappa shape index (κ3) is 5.84. The molecule has 8 nitrogen and oxygen atoms in total. The molecule has 1 saturated heterocycles. The molecule has 170 valence electrons. The molecule has 0 aliphatic carbocycles. The number of halogens is 2. The van der Waals surface area contributed by atoms with Crippen molar-refractivity contribution >= 4 is 5.96 Å². The van der Waals surface area contributed by atoms with Crippen LogP contribution in [0.1, 0.15) is 24.9 Å². The molecular weight excluding hydrogens is 406 g/mol. The Morgan fingerprint density at radius 2 is 1.97 bits per heavy atom. The van der Waals surface area contributed by atoms with Gasteiger partial charge in [-0.25, -0.2) is 9.98 Å². The quantitative estimate of drug-likeness (QED) is 0.507. The van der Waals surface area contributed by atoms with Crippen molar-refractivity contribution < 1.29 is 18.3 Å². The van der Waals surface area contributed by atoms with Gasteiger partial charge >= 0.3 is 6.55 Å². The second kappa shape index (κ2) is 10.9. The minimum atomic E-state index is -2.62. The van der Waals surface area contributed by atoms with Crippen LogP contribution in [0.3, 0.4) is 0 Å². The lowest BCUT2D eigenvalue weighted by atomic mass is 10.1. The number of ether oxygens (including phenoxy) is 2. The topological polar surface area (TPSA) is 67.2 Å². The minimum absolute atomic E-state index is 0.0981. The smallest absolute Gasteiger partial charge is 0.319 e. The number of aromatic nitrogens is 2. The second-order valence-corrected chi connectivity index (χ2v) is 7.14. The van der Waals surface area contributed by atoms with Gasteiger partial charge in [-0.2, -0.15) is 8.78 Å². The number of benzene rings is 1. The van der Waals surface area contributed by atoms with Crippen molar-refractivity contribution in [3.63, 3.8) is 0 Å². The number of hydrogen-bond donors (Lipinski definition) is 1. The summed E-state index contributed by atoms with van der Waals surface area (Å²) in [7, 11) is 3.32. The molecule has 1 fully saturated rings. The van der Waals surface area contributed by atoms with Crippen LogP contribution in [0.5, 0.6) is 11.5 Å². The first kappa shape index (κ1) is 22.8. The van der Waals surface area contributed by atoms with Gasteiger partial charge in [0.15, 0.2) is 5.96 Å². The first-order valence-electron chi connectivity index (χ1n) is 10.3. The van der Waals surface area contributed by atoms with Crippen molar-refractivity contribution in [2.24, 2.45) is 4.99 Å². The molecule has 1 aromatic heterocycles. The molecule has 0 spiro atoms. The number of piperazine rings is 1. The van der Waals surface area contributed by atoms with Crippen LogP contribution in [0.15, 0.2) is 35.6 Å². The number of methoxy groups -OCH3 is 2. The van der Waals surface area contributed by atoms with E-state index in [2.05, 4.69) is 25.1 Å². The Balaban J connectivity index is 1.62. The summed E-state index contributed by atoms with van der Waals surface area (Å²) in [6.45, 7) is 4.17. The number of nitrogens with one attached hydrogen (secondary N) is 1. The van der Waals surface area contributed by atoms with Crippen molar-refractivity contribution in [1.82, 2.24) is 24.7 Å². The van der Waals surface area contributed by atoms with Gasteiger partial charge in [0.1, 0.15) is 23.9 Å². The summed E-state index contributed by atoms with van der Waals surface area (Å²) in [5.41, 5.74) is 1.08. The van der Waals surface area contributed by atoms with Crippen LogP contribution in [-0.2, 0) is 13.1 Å². The van der Waals surface area contributed by atoms with E-state index in [1.807, 2.05) is 25.1 Å². The molecule has 1 aliphatic rings. The first-order valence-corrected chi connectivity index (χ1v) is 10.3. The van der Waals surface area contributed by atoms with Crippen LogP contribution in [-0.4, -0.2) is 72.3 Å². The highest BCUT2D eigenvalue weighted by Gasteiger charge is 2.21.